The molecule has 0 saturated carbocycles. The molecule has 2 rings (SSSR count). The van der Waals surface area contributed by atoms with Crippen molar-refractivity contribution in [1.82, 2.24) is 4.98 Å². The van der Waals surface area contributed by atoms with Gasteiger partial charge in [-0.05, 0) is 36.8 Å². The van der Waals surface area contributed by atoms with Crippen molar-refractivity contribution in [2.75, 3.05) is 18.6 Å². The monoisotopic (exact) mass is 267 g/mol. The van der Waals surface area contributed by atoms with Crippen molar-refractivity contribution in [2.45, 2.75) is 13.5 Å². The molecule has 0 N–H and O–H groups in total. The van der Waals surface area contributed by atoms with E-state index in [1.54, 1.807) is 25.6 Å². The molecule has 102 valence electrons. The highest BCUT2D eigenvalue weighted by molar-refractivity contribution is 5.62. The van der Waals surface area contributed by atoms with Crippen molar-refractivity contribution >= 4 is 5.69 Å². The summed E-state index contributed by atoms with van der Waals surface area (Å²) in [5, 5.41) is 9.27. The molecule has 0 spiro atoms. The van der Waals surface area contributed by atoms with Gasteiger partial charge in [0.15, 0.2) is 0 Å². The lowest BCUT2D eigenvalue weighted by atomic mass is 10.1. The molecular formula is C16H17N3O. The van der Waals surface area contributed by atoms with Crippen LogP contribution in [0.2, 0.25) is 0 Å². The Balaban J connectivity index is 2.33. The quantitative estimate of drug-likeness (QED) is 0.835. The molecule has 0 atom stereocenters. The van der Waals surface area contributed by atoms with Crippen LogP contribution in [-0.2, 0) is 6.54 Å². The number of aromatic nitrogens is 1. The van der Waals surface area contributed by atoms with E-state index in [1.807, 2.05) is 24.3 Å². The van der Waals surface area contributed by atoms with Crippen LogP contribution < -0.4 is 9.64 Å². The van der Waals surface area contributed by atoms with Crippen LogP contribution in [0.15, 0.2) is 42.7 Å². The molecule has 4 nitrogen and oxygen atoms in total. The van der Waals surface area contributed by atoms with Crippen LogP contribution in [-0.4, -0.2) is 18.6 Å². The van der Waals surface area contributed by atoms with E-state index in [1.165, 1.54) is 0 Å². The van der Waals surface area contributed by atoms with Gasteiger partial charge < -0.3 is 9.64 Å². The highest BCUT2D eigenvalue weighted by Gasteiger charge is 2.11. The molecule has 0 aliphatic heterocycles. The smallest absolute Gasteiger partial charge is 0.121 e. The first-order valence-corrected chi connectivity index (χ1v) is 6.50. The van der Waals surface area contributed by atoms with Crippen molar-refractivity contribution in [3.8, 4) is 11.8 Å². The van der Waals surface area contributed by atoms with Crippen molar-refractivity contribution in [1.29, 1.82) is 5.26 Å². The lowest BCUT2D eigenvalue weighted by Gasteiger charge is -2.24. The van der Waals surface area contributed by atoms with Gasteiger partial charge in [-0.1, -0.05) is 0 Å². The van der Waals surface area contributed by atoms with Gasteiger partial charge in [-0.15, -0.1) is 0 Å². The number of anilines is 1. The first-order valence-electron chi connectivity index (χ1n) is 6.50. The first-order chi connectivity index (χ1) is 9.78. The van der Waals surface area contributed by atoms with Crippen molar-refractivity contribution in [3.05, 3.63) is 53.9 Å². The third-order valence-corrected chi connectivity index (χ3v) is 3.17. The lowest BCUT2D eigenvalue weighted by Crippen LogP contribution is -2.23. The topological polar surface area (TPSA) is 49.2 Å². The van der Waals surface area contributed by atoms with Crippen LogP contribution in [0.5, 0.6) is 5.75 Å². The largest absolute Gasteiger partial charge is 0.497 e. The summed E-state index contributed by atoms with van der Waals surface area (Å²) in [6.07, 6.45) is 3.56. The molecular weight excluding hydrogens is 250 g/mol. The molecule has 0 saturated heterocycles. The molecule has 20 heavy (non-hydrogen) atoms. The van der Waals surface area contributed by atoms with Crippen LogP contribution in [0.4, 0.5) is 5.69 Å². The van der Waals surface area contributed by atoms with Gasteiger partial charge in [0.2, 0.25) is 0 Å². The maximum Gasteiger partial charge on any atom is 0.121 e. The summed E-state index contributed by atoms with van der Waals surface area (Å²) < 4.78 is 5.25. The number of nitriles is 1. The van der Waals surface area contributed by atoms with Gasteiger partial charge >= 0.3 is 0 Å². The Kier molecular flexibility index (Phi) is 4.56. The van der Waals surface area contributed by atoms with Gasteiger partial charge in [0, 0.05) is 31.5 Å². The Hall–Kier alpha value is -2.54. The van der Waals surface area contributed by atoms with Gasteiger partial charge in [0.1, 0.15) is 11.8 Å². The van der Waals surface area contributed by atoms with E-state index in [9.17, 15) is 5.26 Å². The Morgan fingerprint density at radius 3 is 2.60 bits per heavy atom. The van der Waals surface area contributed by atoms with E-state index in [-0.39, 0.29) is 0 Å². The number of ether oxygens (including phenoxy) is 1. The third kappa shape index (κ3) is 3.07. The van der Waals surface area contributed by atoms with E-state index < -0.39 is 0 Å². The van der Waals surface area contributed by atoms with Crippen LogP contribution in [0.1, 0.15) is 18.1 Å². The number of rotatable bonds is 5. The second-order valence-electron chi connectivity index (χ2n) is 4.36. The van der Waals surface area contributed by atoms with Crippen LogP contribution in [0.25, 0.3) is 0 Å². The zero-order chi connectivity index (χ0) is 14.4. The predicted octanol–water partition coefficient (Wildman–Crippen LogP) is 2.99. The minimum absolute atomic E-state index is 0.654. The summed E-state index contributed by atoms with van der Waals surface area (Å²) in [6.45, 7) is 3.62. The fourth-order valence-electron chi connectivity index (χ4n) is 2.07. The number of hydrogen-bond donors (Lipinski definition) is 0. The van der Waals surface area contributed by atoms with E-state index in [0.29, 0.717) is 5.56 Å². The predicted molar refractivity (Wildman–Crippen MR) is 78.7 cm³/mol. The maximum absolute atomic E-state index is 9.27. The zero-order valence-corrected chi connectivity index (χ0v) is 11.7. The Morgan fingerprint density at radius 1 is 1.25 bits per heavy atom. The Morgan fingerprint density at radius 2 is 2.00 bits per heavy atom. The van der Waals surface area contributed by atoms with Gasteiger partial charge in [-0.2, -0.15) is 5.26 Å². The minimum Gasteiger partial charge on any atom is -0.497 e. The molecule has 1 aromatic heterocycles. The standard InChI is InChI=1S/C16H17N3O/c1-3-19(12-13-6-8-18-9-7-13)16-10-15(20-2)5-4-14(16)11-17/h4-10H,3,12H2,1-2H3. The van der Waals surface area contributed by atoms with Gasteiger partial charge in [-0.25, -0.2) is 0 Å². The molecule has 1 aromatic carbocycles. The first kappa shape index (κ1) is 13.9. The molecule has 0 unspecified atom stereocenters. The van der Waals surface area contributed by atoms with Crippen molar-refractivity contribution < 1.29 is 4.74 Å². The molecule has 0 radical (unpaired) electrons. The molecule has 0 amide bonds. The Labute approximate surface area is 119 Å². The molecule has 4 heteroatoms. The molecule has 1 heterocycles. The SMILES string of the molecule is CCN(Cc1ccncc1)c1cc(OC)ccc1C#N. The fourth-order valence-corrected chi connectivity index (χ4v) is 2.07. The zero-order valence-electron chi connectivity index (χ0n) is 11.7. The highest BCUT2D eigenvalue weighted by Crippen LogP contribution is 2.26. The number of nitrogens with zero attached hydrogens (tertiary/aromatic N) is 3. The maximum atomic E-state index is 9.27. The van der Waals surface area contributed by atoms with Crippen molar-refractivity contribution in [3.63, 3.8) is 0 Å². The number of hydrogen-bond acceptors (Lipinski definition) is 4. The average molecular weight is 267 g/mol. The molecule has 0 fully saturated rings. The molecule has 0 aliphatic carbocycles. The summed E-state index contributed by atoms with van der Waals surface area (Å²) in [6, 6.07) is 11.7. The lowest BCUT2D eigenvalue weighted by molar-refractivity contribution is 0.414. The van der Waals surface area contributed by atoms with Gasteiger partial charge in [0.05, 0.1) is 18.4 Å². The summed E-state index contributed by atoms with van der Waals surface area (Å²) in [4.78, 5) is 6.17. The fraction of sp³-hybridized carbons (Fsp3) is 0.250. The second kappa shape index (κ2) is 6.58. The van der Waals surface area contributed by atoms with Gasteiger partial charge in [0.25, 0.3) is 0 Å². The minimum atomic E-state index is 0.654. The van der Waals surface area contributed by atoms with E-state index >= 15 is 0 Å². The van der Waals surface area contributed by atoms with E-state index in [2.05, 4.69) is 22.9 Å². The summed E-state index contributed by atoms with van der Waals surface area (Å²) in [5.41, 5.74) is 2.71. The van der Waals surface area contributed by atoms with Crippen LogP contribution in [0.3, 0.4) is 0 Å². The summed E-state index contributed by atoms with van der Waals surface area (Å²) in [5.74, 6) is 0.757. The van der Waals surface area contributed by atoms with Crippen LogP contribution in [0, 0.1) is 11.3 Å². The van der Waals surface area contributed by atoms with E-state index in [0.717, 1.165) is 30.1 Å². The number of pyridine rings is 1. The molecule has 2 aromatic rings. The summed E-state index contributed by atoms with van der Waals surface area (Å²) >= 11 is 0. The normalized spacial score (nSPS) is 9.85. The summed E-state index contributed by atoms with van der Waals surface area (Å²) in [7, 11) is 1.63. The second-order valence-corrected chi connectivity index (χ2v) is 4.36. The number of benzene rings is 1. The average Bonchev–Trinajstić information content (AvgIpc) is 2.53. The molecule has 0 bridgehead atoms. The van der Waals surface area contributed by atoms with Crippen molar-refractivity contribution in [2.24, 2.45) is 0 Å². The van der Waals surface area contributed by atoms with Gasteiger partial charge in [-0.3, -0.25) is 4.98 Å². The Bertz CT molecular complexity index is 605. The highest BCUT2D eigenvalue weighted by atomic mass is 16.5. The molecule has 0 aliphatic rings. The number of methoxy groups -OCH3 is 1. The third-order valence-electron chi connectivity index (χ3n) is 3.17. The van der Waals surface area contributed by atoms with Crippen LogP contribution >= 0.6 is 0 Å². The van der Waals surface area contributed by atoms with E-state index in [4.69, 9.17) is 4.74 Å².